The number of benzene rings is 1. The number of hydrogen-bond acceptors (Lipinski definition) is 7. The second kappa shape index (κ2) is 6.91. The van der Waals surface area contributed by atoms with Gasteiger partial charge in [-0.3, -0.25) is 24.7 Å². The summed E-state index contributed by atoms with van der Waals surface area (Å²) in [6.45, 7) is 0. The molecule has 1 fully saturated rings. The molecule has 25 heavy (non-hydrogen) atoms. The number of carbonyl (C=O) groups excluding carboxylic acids is 2. The van der Waals surface area contributed by atoms with Crippen LogP contribution in [-0.2, 0) is 4.79 Å². The SMILES string of the molecule is O=C1/C(=C/c2ccc([N+](=O)[O-])cc2)SC(=S)N1C(=O)c1cccnc1. The zero-order chi connectivity index (χ0) is 18.0. The predicted molar refractivity (Wildman–Crippen MR) is 96.7 cm³/mol. The van der Waals surface area contributed by atoms with E-state index in [4.69, 9.17) is 12.2 Å². The topological polar surface area (TPSA) is 93.4 Å². The lowest BCUT2D eigenvalue weighted by Gasteiger charge is -2.11. The van der Waals surface area contributed by atoms with Gasteiger partial charge >= 0.3 is 0 Å². The van der Waals surface area contributed by atoms with Crippen LogP contribution in [0.1, 0.15) is 15.9 Å². The summed E-state index contributed by atoms with van der Waals surface area (Å²) in [6, 6.07) is 8.87. The number of carbonyl (C=O) groups is 2. The normalized spacial score (nSPS) is 15.7. The van der Waals surface area contributed by atoms with Crippen molar-refractivity contribution in [2.45, 2.75) is 0 Å². The average Bonchev–Trinajstić information content (AvgIpc) is 2.89. The molecule has 0 saturated carbocycles. The number of hydrogen-bond donors (Lipinski definition) is 0. The highest BCUT2D eigenvalue weighted by Gasteiger charge is 2.37. The maximum Gasteiger partial charge on any atom is 0.273 e. The molecule has 124 valence electrons. The Hall–Kier alpha value is -2.91. The molecule has 3 rings (SSSR count). The number of imide groups is 1. The molecule has 1 aromatic carbocycles. The highest BCUT2D eigenvalue weighted by atomic mass is 32.2. The second-order valence-corrected chi connectivity index (χ2v) is 6.59. The van der Waals surface area contributed by atoms with Gasteiger partial charge in [-0.15, -0.1) is 0 Å². The third-order valence-electron chi connectivity index (χ3n) is 3.31. The van der Waals surface area contributed by atoms with Crippen LogP contribution in [0.25, 0.3) is 6.08 Å². The molecule has 0 atom stereocenters. The summed E-state index contributed by atoms with van der Waals surface area (Å²) < 4.78 is 0.131. The van der Waals surface area contributed by atoms with E-state index < -0.39 is 16.7 Å². The lowest BCUT2D eigenvalue weighted by atomic mass is 10.2. The van der Waals surface area contributed by atoms with Crippen LogP contribution in [0, 0.1) is 10.1 Å². The van der Waals surface area contributed by atoms with Crippen molar-refractivity contribution in [2.24, 2.45) is 0 Å². The van der Waals surface area contributed by atoms with Crippen molar-refractivity contribution in [3.63, 3.8) is 0 Å². The van der Waals surface area contributed by atoms with E-state index in [0.717, 1.165) is 16.7 Å². The molecule has 2 aromatic rings. The molecule has 0 bridgehead atoms. The molecule has 1 aliphatic rings. The van der Waals surface area contributed by atoms with Crippen molar-refractivity contribution >= 4 is 51.9 Å². The molecule has 7 nitrogen and oxygen atoms in total. The van der Waals surface area contributed by atoms with Gasteiger partial charge in [-0.2, -0.15) is 0 Å². The molecule has 9 heteroatoms. The van der Waals surface area contributed by atoms with E-state index in [2.05, 4.69) is 4.98 Å². The molecule has 0 spiro atoms. The first-order valence-electron chi connectivity index (χ1n) is 6.94. The van der Waals surface area contributed by atoms with Crippen LogP contribution < -0.4 is 0 Å². The summed E-state index contributed by atoms with van der Waals surface area (Å²) in [7, 11) is 0. The number of amides is 2. The van der Waals surface area contributed by atoms with E-state index in [-0.39, 0.29) is 20.5 Å². The van der Waals surface area contributed by atoms with Crippen LogP contribution in [0.2, 0.25) is 0 Å². The van der Waals surface area contributed by atoms with Crippen molar-refractivity contribution in [1.29, 1.82) is 0 Å². The number of non-ortho nitro benzene ring substituents is 1. The third kappa shape index (κ3) is 3.47. The van der Waals surface area contributed by atoms with E-state index in [9.17, 15) is 19.7 Å². The standard InChI is InChI=1S/C16H9N3O4S2/c20-14(11-2-1-7-17-9-11)18-15(21)13(25-16(18)24)8-10-3-5-12(6-4-10)19(22)23/h1-9H/b13-8-. The van der Waals surface area contributed by atoms with Gasteiger partial charge < -0.3 is 0 Å². The maximum atomic E-state index is 12.5. The smallest absolute Gasteiger partial charge is 0.268 e. The molecule has 1 aromatic heterocycles. The molecule has 1 saturated heterocycles. The Kier molecular flexibility index (Phi) is 4.68. The fourth-order valence-electron chi connectivity index (χ4n) is 2.10. The summed E-state index contributed by atoms with van der Waals surface area (Å²) >= 11 is 6.14. The molecule has 0 aliphatic carbocycles. The van der Waals surface area contributed by atoms with Crippen LogP contribution >= 0.6 is 24.0 Å². The summed E-state index contributed by atoms with van der Waals surface area (Å²) in [5.41, 5.74) is 0.812. The molecule has 0 radical (unpaired) electrons. The van der Waals surface area contributed by atoms with Crippen molar-refractivity contribution in [3.8, 4) is 0 Å². The number of nitro benzene ring substituents is 1. The van der Waals surface area contributed by atoms with Crippen molar-refractivity contribution in [2.75, 3.05) is 0 Å². The zero-order valence-corrected chi connectivity index (χ0v) is 14.1. The maximum absolute atomic E-state index is 12.5. The Morgan fingerprint density at radius 2 is 2.00 bits per heavy atom. The van der Waals surface area contributed by atoms with E-state index in [1.807, 2.05) is 0 Å². The monoisotopic (exact) mass is 371 g/mol. The van der Waals surface area contributed by atoms with Crippen molar-refractivity contribution < 1.29 is 14.5 Å². The first-order chi connectivity index (χ1) is 12.0. The second-order valence-electron chi connectivity index (χ2n) is 4.91. The molecular weight excluding hydrogens is 362 g/mol. The first-order valence-corrected chi connectivity index (χ1v) is 8.16. The van der Waals surface area contributed by atoms with Crippen molar-refractivity contribution in [3.05, 3.63) is 74.9 Å². The lowest BCUT2D eigenvalue weighted by Crippen LogP contribution is -2.34. The zero-order valence-electron chi connectivity index (χ0n) is 12.5. The minimum absolute atomic E-state index is 0.0449. The quantitative estimate of drug-likeness (QED) is 0.269. The molecule has 0 N–H and O–H groups in total. The molecule has 1 aliphatic heterocycles. The number of rotatable bonds is 3. The van der Waals surface area contributed by atoms with Gasteiger partial charge in [0.15, 0.2) is 4.32 Å². The Morgan fingerprint density at radius 3 is 2.60 bits per heavy atom. The van der Waals surface area contributed by atoms with E-state index in [1.165, 1.54) is 36.7 Å². The van der Waals surface area contributed by atoms with E-state index in [1.54, 1.807) is 18.2 Å². The highest BCUT2D eigenvalue weighted by Crippen LogP contribution is 2.33. The van der Waals surface area contributed by atoms with Gasteiger partial charge in [-0.05, 0) is 35.9 Å². The van der Waals surface area contributed by atoms with Crippen LogP contribution in [0.4, 0.5) is 5.69 Å². The molecular formula is C16H9N3O4S2. The van der Waals surface area contributed by atoms with Gasteiger partial charge in [0.25, 0.3) is 17.5 Å². The van der Waals surface area contributed by atoms with Gasteiger partial charge in [-0.1, -0.05) is 24.0 Å². The van der Waals surface area contributed by atoms with Crippen molar-refractivity contribution in [1.82, 2.24) is 9.88 Å². The number of nitro groups is 1. The summed E-state index contributed by atoms with van der Waals surface area (Å²) in [4.78, 5) is 40.2. The Labute approximate surface area is 151 Å². The minimum atomic E-state index is -0.539. The predicted octanol–water partition coefficient (Wildman–Crippen LogP) is 3.03. The first kappa shape index (κ1) is 16.9. The Bertz CT molecular complexity index is 911. The number of nitrogens with zero attached hydrogens (tertiary/aromatic N) is 3. The molecule has 0 unspecified atom stereocenters. The number of thioether (sulfide) groups is 1. The Morgan fingerprint density at radius 1 is 1.28 bits per heavy atom. The third-order valence-corrected chi connectivity index (χ3v) is 4.61. The largest absolute Gasteiger partial charge is 0.273 e. The lowest BCUT2D eigenvalue weighted by molar-refractivity contribution is -0.384. The summed E-state index contributed by atoms with van der Waals surface area (Å²) in [5, 5.41) is 10.7. The highest BCUT2D eigenvalue weighted by molar-refractivity contribution is 8.26. The minimum Gasteiger partial charge on any atom is -0.268 e. The number of aromatic nitrogens is 1. The molecule has 2 amide bonds. The van der Waals surface area contributed by atoms with Crippen LogP contribution in [0.5, 0.6) is 0 Å². The van der Waals surface area contributed by atoms with Gasteiger partial charge in [0.2, 0.25) is 0 Å². The van der Waals surface area contributed by atoms with E-state index in [0.29, 0.717) is 5.56 Å². The fourth-order valence-corrected chi connectivity index (χ4v) is 3.36. The van der Waals surface area contributed by atoms with Crippen LogP contribution in [-0.4, -0.2) is 30.9 Å². The van der Waals surface area contributed by atoms with E-state index >= 15 is 0 Å². The van der Waals surface area contributed by atoms with Gasteiger partial charge in [0.1, 0.15) is 0 Å². The van der Waals surface area contributed by atoms with Crippen LogP contribution in [0.15, 0.2) is 53.7 Å². The number of pyridine rings is 1. The summed E-state index contributed by atoms with van der Waals surface area (Å²) in [5.74, 6) is -1.06. The Balaban J connectivity index is 1.85. The number of thiocarbonyl (C=S) groups is 1. The van der Waals surface area contributed by atoms with Gasteiger partial charge in [-0.25, -0.2) is 4.90 Å². The van der Waals surface area contributed by atoms with Crippen LogP contribution in [0.3, 0.4) is 0 Å². The van der Waals surface area contributed by atoms with Gasteiger partial charge in [0.05, 0.1) is 15.4 Å². The summed E-state index contributed by atoms with van der Waals surface area (Å²) in [6.07, 6.45) is 4.43. The van der Waals surface area contributed by atoms with Gasteiger partial charge in [0, 0.05) is 24.5 Å². The average molecular weight is 371 g/mol. The molecule has 2 heterocycles. The fraction of sp³-hybridized carbons (Fsp3) is 0.